The van der Waals surface area contributed by atoms with Gasteiger partial charge in [0, 0.05) is 6.92 Å². The normalized spacial score (nSPS) is 35.4. The first-order valence-corrected chi connectivity index (χ1v) is 6.05. The molecule has 1 saturated heterocycles. The predicted octanol–water partition coefficient (Wildman–Crippen LogP) is 3.00. The number of hydrogen-bond acceptors (Lipinski definition) is 2. The van der Waals surface area contributed by atoms with E-state index in [4.69, 9.17) is 14.6 Å². The second-order valence-electron chi connectivity index (χ2n) is 4.64. The van der Waals surface area contributed by atoms with Crippen molar-refractivity contribution in [3.8, 4) is 0 Å². The Hall–Kier alpha value is -0.830. The van der Waals surface area contributed by atoms with Crippen LogP contribution in [0.15, 0.2) is 12.2 Å². The molecule has 0 aromatic heterocycles. The number of allylic oxidation sites excluding steroid dienone is 1. The molecule has 3 nitrogen and oxygen atoms in total. The van der Waals surface area contributed by atoms with Gasteiger partial charge in [-0.3, -0.25) is 4.79 Å². The van der Waals surface area contributed by atoms with E-state index >= 15 is 0 Å². The first kappa shape index (κ1) is 13.2. The fourth-order valence-electron chi connectivity index (χ4n) is 2.43. The van der Waals surface area contributed by atoms with Crippen LogP contribution in [-0.2, 0) is 9.53 Å². The molecule has 0 radical (unpaired) electrons. The van der Waals surface area contributed by atoms with Crippen molar-refractivity contribution >= 4 is 5.97 Å². The number of fused-ring (bicyclic) bond motifs is 1. The molecule has 2 rings (SSSR count). The van der Waals surface area contributed by atoms with Crippen molar-refractivity contribution in [3.63, 3.8) is 0 Å². The monoisotopic (exact) mass is 226 g/mol. The fraction of sp³-hybridized carbons (Fsp3) is 0.769. The van der Waals surface area contributed by atoms with Crippen molar-refractivity contribution in [1.29, 1.82) is 0 Å². The summed E-state index contributed by atoms with van der Waals surface area (Å²) in [7, 11) is 0. The van der Waals surface area contributed by atoms with Gasteiger partial charge in [0.15, 0.2) is 0 Å². The number of aliphatic carboxylic acids is 1. The number of epoxide rings is 1. The van der Waals surface area contributed by atoms with Crippen molar-refractivity contribution in [2.24, 2.45) is 5.92 Å². The molecule has 1 heterocycles. The van der Waals surface area contributed by atoms with Gasteiger partial charge in [-0.1, -0.05) is 26.0 Å². The highest BCUT2D eigenvalue weighted by molar-refractivity contribution is 5.62. The van der Waals surface area contributed by atoms with E-state index in [1.165, 1.54) is 12.8 Å². The molecule has 16 heavy (non-hydrogen) atoms. The zero-order chi connectivity index (χ0) is 12.2. The maximum absolute atomic E-state index is 9.00. The lowest BCUT2D eigenvalue weighted by Crippen LogP contribution is -2.17. The maximum atomic E-state index is 9.00. The summed E-state index contributed by atoms with van der Waals surface area (Å²) >= 11 is 0. The van der Waals surface area contributed by atoms with Crippen LogP contribution >= 0.6 is 0 Å². The molecule has 3 heteroatoms. The Morgan fingerprint density at radius 3 is 2.50 bits per heavy atom. The molecule has 2 fully saturated rings. The van der Waals surface area contributed by atoms with Crippen LogP contribution in [0.3, 0.4) is 0 Å². The van der Waals surface area contributed by atoms with E-state index in [-0.39, 0.29) is 5.60 Å². The molecule has 0 amide bonds. The van der Waals surface area contributed by atoms with Crippen molar-refractivity contribution < 1.29 is 14.6 Å². The zero-order valence-electron chi connectivity index (χ0n) is 10.4. The summed E-state index contributed by atoms with van der Waals surface area (Å²) in [6, 6.07) is 0. The molecule has 0 aromatic rings. The Kier molecular flexibility index (Phi) is 4.54. The van der Waals surface area contributed by atoms with E-state index in [1.807, 2.05) is 0 Å². The largest absolute Gasteiger partial charge is 0.481 e. The number of hydrogen-bond donors (Lipinski definition) is 1. The Morgan fingerprint density at radius 2 is 2.12 bits per heavy atom. The third-order valence-electron chi connectivity index (χ3n) is 3.38. The van der Waals surface area contributed by atoms with Gasteiger partial charge in [0.1, 0.15) is 5.60 Å². The molecular weight excluding hydrogens is 204 g/mol. The summed E-state index contributed by atoms with van der Waals surface area (Å²) in [6.07, 6.45) is 10.1. The topological polar surface area (TPSA) is 49.8 Å². The van der Waals surface area contributed by atoms with Crippen LogP contribution in [0.1, 0.15) is 46.5 Å². The molecule has 92 valence electrons. The minimum atomic E-state index is -0.833. The van der Waals surface area contributed by atoms with Crippen LogP contribution in [-0.4, -0.2) is 22.8 Å². The van der Waals surface area contributed by atoms with Gasteiger partial charge in [-0.05, 0) is 31.6 Å². The summed E-state index contributed by atoms with van der Waals surface area (Å²) in [6.45, 7) is 5.59. The molecule has 1 aliphatic heterocycles. The minimum absolute atomic E-state index is 0.283. The van der Waals surface area contributed by atoms with E-state index in [0.29, 0.717) is 6.10 Å². The van der Waals surface area contributed by atoms with Crippen LogP contribution in [0.4, 0.5) is 0 Å². The fourth-order valence-corrected chi connectivity index (χ4v) is 2.43. The number of rotatable bonds is 3. The highest BCUT2D eigenvalue weighted by Crippen LogP contribution is 2.55. The van der Waals surface area contributed by atoms with Gasteiger partial charge in [0.2, 0.25) is 0 Å². The lowest BCUT2D eigenvalue weighted by Gasteiger charge is -2.13. The molecule has 1 aliphatic carbocycles. The van der Waals surface area contributed by atoms with Gasteiger partial charge in [-0.2, -0.15) is 0 Å². The molecule has 1 N–H and O–H groups in total. The van der Waals surface area contributed by atoms with Crippen LogP contribution in [0.5, 0.6) is 0 Å². The first-order chi connectivity index (χ1) is 7.53. The number of carboxylic acid groups (broad SMARTS) is 1. The summed E-state index contributed by atoms with van der Waals surface area (Å²) in [5, 5.41) is 7.42. The Labute approximate surface area is 97.5 Å². The van der Waals surface area contributed by atoms with Crippen LogP contribution < -0.4 is 0 Å². The van der Waals surface area contributed by atoms with E-state index < -0.39 is 5.97 Å². The molecule has 3 atom stereocenters. The number of carbonyl (C=O) groups is 1. The smallest absolute Gasteiger partial charge is 0.300 e. The Bertz CT molecular complexity index is 268. The van der Waals surface area contributed by atoms with Gasteiger partial charge in [0.05, 0.1) is 6.10 Å². The molecule has 0 unspecified atom stereocenters. The van der Waals surface area contributed by atoms with Crippen LogP contribution in [0.2, 0.25) is 0 Å². The second kappa shape index (κ2) is 5.48. The van der Waals surface area contributed by atoms with Crippen LogP contribution in [0, 0.1) is 5.92 Å². The maximum Gasteiger partial charge on any atom is 0.300 e. The molecule has 1 saturated carbocycles. The average Bonchev–Trinajstić information content (AvgIpc) is 2.82. The quantitative estimate of drug-likeness (QED) is 0.594. The summed E-state index contributed by atoms with van der Waals surface area (Å²) in [5.41, 5.74) is 0.283. The van der Waals surface area contributed by atoms with Gasteiger partial charge in [-0.25, -0.2) is 0 Å². The Balaban J connectivity index is 0.000000280. The summed E-state index contributed by atoms with van der Waals surface area (Å²) < 4.78 is 5.75. The molecular formula is C13H22O3. The molecule has 0 spiro atoms. The average molecular weight is 226 g/mol. The molecule has 2 aliphatic rings. The van der Waals surface area contributed by atoms with Crippen LogP contribution in [0.25, 0.3) is 0 Å². The number of ether oxygens (including phenoxy) is 1. The summed E-state index contributed by atoms with van der Waals surface area (Å²) in [5.74, 6) is -0.0518. The standard InChI is InChI=1S/C11H18O.C2H4O2/c1-3-4-5-8-11-9(2)6-7-10(11)12-11;1-2(3)4/h4-5,9-10H,3,6-8H2,1-2H3;1H3,(H,3,4)/t9-,10-,11+;/m1./s1. The highest BCUT2D eigenvalue weighted by atomic mass is 16.6. The molecule has 0 bridgehead atoms. The second-order valence-corrected chi connectivity index (χ2v) is 4.64. The SMILES string of the molecule is CC(=O)O.CCC=CC[C@@]12O[C@@H]1CC[C@H]2C. The molecule has 0 aromatic carbocycles. The van der Waals surface area contributed by atoms with Crippen molar-refractivity contribution in [2.45, 2.75) is 58.2 Å². The third kappa shape index (κ3) is 3.08. The lowest BCUT2D eigenvalue weighted by molar-refractivity contribution is -0.134. The van der Waals surface area contributed by atoms with E-state index in [1.54, 1.807) is 0 Å². The zero-order valence-corrected chi connectivity index (χ0v) is 10.4. The van der Waals surface area contributed by atoms with Gasteiger partial charge >= 0.3 is 0 Å². The van der Waals surface area contributed by atoms with Gasteiger partial charge < -0.3 is 9.84 Å². The van der Waals surface area contributed by atoms with E-state index in [2.05, 4.69) is 26.0 Å². The van der Waals surface area contributed by atoms with Crippen molar-refractivity contribution in [1.82, 2.24) is 0 Å². The van der Waals surface area contributed by atoms with Gasteiger partial charge in [0.25, 0.3) is 5.97 Å². The summed E-state index contributed by atoms with van der Waals surface area (Å²) in [4.78, 5) is 9.00. The minimum Gasteiger partial charge on any atom is -0.481 e. The van der Waals surface area contributed by atoms with Crippen molar-refractivity contribution in [2.75, 3.05) is 0 Å². The van der Waals surface area contributed by atoms with Crippen molar-refractivity contribution in [3.05, 3.63) is 12.2 Å². The Morgan fingerprint density at radius 1 is 1.50 bits per heavy atom. The third-order valence-corrected chi connectivity index (χ3v) is 3.38. The van der Waals surface area contributed by atoms with E-state index in [0.717, 1.165) is 25.7 Å². The first-order valence-electron chi connectivity index (χ1n) is 6.05. The highest BCUT2D eigenvalue weighted by Gasteiger charge is 2.62. The number of carboxylic acids is 1. The lowest BCUT2D eigenvalue weighted by atomic mass is 9.93. The van der Waals surface area contributed by atoms with Gasteiger partial charge in [-0.15, -0.1) is 0 Å². The van der Waals surface area contributed by atoms with E-state index in [9.17, 15) is 0 Å². The predicted molar refractivity (Wildman–Crippen MR) is 63.4 cm³/mol.